The highest BCUT2D eigenvalue weighted by Crippen LogP contribution is 2.22. The number of alkyl halides is 1. The van der Waals surface area contributed by atoms with E-state index >= 15 is 0 Å². The third-order valence-electron chi connectivity index (χ3n) is 1.84. The van der Waals surface area contributed by atoms with Crippen molar-refractivity contribution in [3.05, 3.63) is 34.0 Å². The summed E-state index contributed by atoms with van der Waals surface area (Å²) in [7, 11) is 1.47. The van der Waals surface area contributed by atoms with E-state index in [2.05, 4.69) is 4.98 Å². The Labute approximate surface area is 97.9 Å². The van der Waals surface area contributed by atoms with Gasteiger partial charge in [0, 0.05) is 17.5 Å². The van der Waals surface area contributed by atoms with Gasteiger partial charge in [-0.05, 0) is 6.42 Å². The molecule has 0 aliphatic heterocycles. The highest BCUT2D eigenvalue weighted by atomic mass is 35.5. The fourth-order valence-corrected chi connectivity index (χ4v) is 1.25. The van der Waals surface area contributed by atoms with E-state index in [1.54, 1.807) is 6.08 Å². The minimum Gasteiger partial charge on any atom is -0.481 e. The van der Waals surface area contributed by atoms with Gasteiger partial charge in [-0.25, -0.2) is 4.98 Å². The summed E-state index contributed by atoms with van der Waals surface area (Å²) < 4.78 is 4.99. The van der Waals surface area contributed by atoms with Crippen LogP contribution in [0.5, 0.6) is 5.88 Å². The standard InChI is InChI=1S/C10H11ClN2O3/c1-16-10-8(4-2-3-5-11)6-9(7-12-10)13(14)15/h2,4,6-7H,3,5H2,1H3. The zero-order valence-electron chi connectivity index (χ0n) is 8.72. The number of allylic oxidation sites excluding steroid dienone is 1. The lowest BCUT2D eigenvalue weighted by atomic mass is 10.2. The van der Waals surface area contributed by atoms with Gasteiger partial charge in [0.1, 0.15) is 6.20 Å². The third-order valence-corrected chi connectivity index (χ3v) is 2.06. The van der Waals surface area contributed by atoms with Crippen LogP contribution in [0.1, 0.15) is 12.0 Å². The first kappa shape index (κ1) is 12.4. The summed E-state index contributed by atoms with van der Waals surface area (Å²) in [5.74, 6) is 0.859. The van der Waals surface area contributed by atoms with Gasteiger partial charge in [0.25, 0.3) is 5.69 Å². The number of hydrogen-bond acceptors (Lipinski definition) is 4. The fourth-order valence-electron chi connectivity index (χ4n) is 1.12. The first-order valence-electron chi connectivity index (χ1n) is 4.60. The van der Waals surface area contributed by atoms with Gasteiger partial charge in [-0.3, -0.25) is 10.1 Å². The summed E-state index contributed by atoms with van der Waals surface area (Å²) in [5.41, 5.74) is 0.508. The minimum atomic E-state index is -0.495. The largest absolute Gasteiger partial charge is 0.481 e. The van der Waals surface area contributed by atoms with Crippen molar-refractivity contribution in [3.63, 3.8) is 0 Å². The van der Waals surface area contributed by atoms with Gasteiger partial charge in [0.2, 0.25) is 5.88 Å². The number of nitrogens with zero attached hydrogens (tertiary/aromatic N) is 2. The van der Waals surface area contributed by atoms with E-state index in [0.717, 1.165) is 6.20 Å². The molecule has 0 radical (unpaired) electrons. The quantitative estimate of drug-likeness (QED) is 0.452. The summed E-state index contributed by atoms with van der Waals surface area (Å²) in [6.45, 7) is 0. The molecule has 0 aromatic carbocycles. The third kappa shape index (κ3) is 3.20. The predicted molar refractivity (Wildman–Crippen MR) is 61.8 cm³/mol. The number of methoxy groups -OCH3 is 1. The van der Waals surface area contributed by atoms with Crippen molar-refractivity contribution in [2.24, 2.45) is 0 Å². The molecular weight excluding hydrogens is 232 g/mol. The predicted octanol–water partition coefficient (Wildman–Crippen LogP) is 2.64. The molecule has 0 atom stereocenters. The van der Waals surface area contributed by atoms with Gasteiger partial charge in [0.05, 0.1) is 12.0 Å². The van der Waals surface area contributed by atoms with Crippen LogP contribution < -0.4 is 4.74 Å². The molecule has 0 N–H and O–H groups in total. The molecule has 0 amide bonds. The van der Waals surface area contributed by atoms with Crippen molar-refractivity contribution in [2.45, 2.75) is 6.42 Å². The second-order valence-electron chi connectivity index (χ2n) is 2.93. The molecule has 6 heteroatoms. The molecule has 0 aliphatic rings. The first-order valence-corrected chi connectivity index (χ1v) is 5.13. The van der Waals surface area contributed by atoms with Crippen LogP contribution in [-0.4, -0.2) is 22.9 Å². The van der Waals surface area contributed by atoms with Crippen molar-refractivity contribution in [2.75, 3.05) is 13.0 Å². The Hall–Kier alpha value is -1.62. The van der Waals surface area contributed by atoms with Crippen LogP contribution in [0.4, 0.5) is 5.69 Å². The molecule has 0 fully saturated rings. The second kappa shape index (κ2) is 6.07. The van der Waals surface area contributed by atoms with Crippen LogP contribution in [-0.2, 0) is 0 Å². The van der Waals surface area contributed by atoms with Gasteiger partial charge >= 0.3 is 0 Å². The SMILES string of the molecule is COc1ncc([N+](=O)[O-])cc1C=CCCCl. The lowest BCUT2D eigenvalue weighted by molar-refractivity contribution is -0.385. The number of pyridine rings is 1. The molecule has 16 heavy (non-hydrogen) atoms. The van der Waals surface area contributed by atoms with Crippen LogP contribution in [0.15, 0.2) is 18.3 Å². The summed E-state index contributed by atoms with van der Waals surface area (Å²) >= 11 is 5.52. The van der Waals surface area contributed by atoms with Crippen LogP contribution in [0, 0.1) is 10.1 Å². The maximum absolute atomic E-state index is 10.6. The zero-order valence-corrected chi connectivity index (χ0v) is 9.48. The smallest absolute Gasteiger partial charge is 0.288 e. The Balaban J connectivity index is 3.02. The van der Waals surface area contributed by atoms with Crippen molar-refractivity contribution >= 4 is 23.4 Å². The van der Waals surface area contributed by atoms with E-state index in [0.29, 0.717) is 23.7 Å². The first-order chi connectivity index (χ1) is 7.69. The lowest BCUT2D eigenvalue weighted by Crippen LogP contribution is -1.94. The highest BCUT2D eigenvalue weighted by Gasteiger charge is 2.10. The molecule has 1 aromatic heterocycles. The van der Waals surface area contributed by atoms with Crippen LogP contribution >= 0.6 is 11.6 Å². The molecule has 1 rings (SSSR count). The molecule has 0 spiro atoms. The molecule has 5 nitrogen and oxygen atoms in total. The molecule has 0 aliphatic carbocycles. The van der Waals surface area contributed by atoms with Crippen molar-refractivity contribution in [3.8, 4) is 5.88 Å². The van der Waals surface area contributed by atoms with Gasteiger partial charge in [-0.15, -0.1) is 11.6 Å². The normalized spacial score (nSPS) is 10.6. The average molecular weight is 243 g/mol. The Morgan fingerprint density at radius 2 is 2.44 bits per heavy atom. The average Bonchev–Trinajstić information content (AvgIpc) is 2.29. The molecule has 0 bridgehead atoms. The van der Waals surface area contributed by atoms with Gasteiger partial charge in [-0.1, -0.05) is 12.2 Å². The highest BCUT2D eigenvalue weighted by molar-refractivity contribution is 6.17. The molecule has 1 aromatic rings. The fraction of sp³-hybridized carbons (Fsp3) is 0.300. The van der Waals surface area contributed by atoms with E-state index < -0.39 is 4.92 Å². The Kier molecular flexibility index (Phi) is 4.72. The van der Waals surface area contributed by atoms with Gasteiger partial charge in [-0.2, -0.15) is 0 Å². The molecule has 1 heterocycles. The summed E-state index contributed by atoms with van der Waals surface area (Å²) in [5, 5.41) is 10.6. The Bertz CT molecular complexity index is 407. The van der Waals surface area contributed by atoms with E-state index in [-0.39, 0.29) is 5.69 Å². The lowest BCUT2D eigenvalue weighted by Gasteiger charge is -2.02. The molecular formula is C10H11ClN2O3. The molecule has 0 saturated carbocycles. The maximum atomic E-state index is 10.6. The van der Waals surface area contributed by atoms with Crippen LogP contribution in [0.25, 0.3) is 6.08 Å². The summed E-state index contributed by atoms with van der Waals surface area (Å²) in [4.78, 5) is 13.9. The number of aromatic nitrogens is 1. The number of ether oxygens (including phenoxy) is 1. The van der Waals surface area contributed by atoms with Crippen LogP contribution in [0.3, 0.4) is 0 Å². The van der Waals surface area contributed by atoms with E-state index in [1.807, 2.05) is 6.08 Å². The number of rotatable bonds is 5. The summed E-state index contributed by atoms with van der Waals surface area (Å²) in [6.07, 6.45) is 5.38. The van der Waals surface area contributed by atoms with Crippen molar-refractivity contribution in [1.29, 1.82) is 0 Å². The Morgan fingerprint density at radius 1 is 1.69 bits per heavy atom. The monoisotopic (exact) mass is 242 g/mol. The molecule has 0 unspecified atom stereocenters. The number of halogens is 1. The van der Waals surface area contributed by atoms with E-state index in [9.17, 15) is 10.1 Å². The second-order valence-corrected chi connectivity index (χ2v) is 3.31. The summed E-state index contributed by atoms with van der Waals surface area (Å²) in [6, 6.07) is 1.41. The van der Waals surface area contributed by atoms with Crippen molar-refractivity contribution in [1.82, 2.24) is 4.98 Å². The maximum Gasteiger partial charge on any atom is 0.288 e. The number of nitro groups is 1. The zero-order chi connectivity index (χ0) is 12.0. The van der Waals surface area contributed by atoms with Crippen molar-refractivity contribution < 1.29 is 9.66 Å². The van der Waals surface area contributed by atoms with Gasteiger partial charge in [0.15, 0.2) is 0 Å². The van der Waals surface area contributed by atoms with Crippen LogP contribution in [0.2, 0.25) is 0 Å². The Morgan fingerprint density at radius 3 is 3.00 bits per heavy atom. The number of hydrogen-bond donors (Lipinski definition) is 0. The topological polar surface area (TPSA) is 65.3 Å². The van der Waals surface area contributed by atoms with Gasteiger partial charge < -0.3 is 4.74 Å². The minimum absolute atomic E-state index is 0.0636. The van der Waals surface area contributed by atoms with E-state index in [1.165, 1.54) is 13.2 Å². The molecule has 86 valence electrons. The molecule has 0 saturated heterocycles. The van der Waals surface area contributed by atoms with E-state index in [4.69, 9.17) is 16.3 Å².